The largest absolute Gasteiger partial charge is 0.490 e. The molecule has 0 aliphatic rings. The molecule has 2 unspecified atom stereocenters. The zero-order chi connectivity index (χ0) is 20.4. The van der Waals surface area contributed by atoms with Crippen LogP contribution in [-0.2, 0) is 0 Å². The third-order valence-electron chi connectivity index (χ3n) is 4.69. The standard InChI is InChI=1S/C22H35N3O3.HI/c1-5-9-17(12-13-26)15-24-22(23-6-2)25-16(4)20-14-18-10-8-11-19(27-7-3)21(18)28-20;/h8,10-11,14,16-17,26H,5-7,9,12-13,15H2,1-4H3,(H2,23,24,25);1H. The first kappa shape index (κ1) is 25.6. The average molecular weight is 517 g/mol. The van der Waals surface area contributed by atoms with Gasteiger partial charge < -0.3 is 24.9 Å². The molecule has 0 saturated heterocycles. The Hall–Kier alpha value is -1.48. The van der Waals surface area contributed by atoms with Crippen molar-refractivity contribution >= 4 is 40.9 Å². The van der Waals surface area contributed by atoms with Crippen molar-refractivity contribution < 1.29 is 14.3 Å². The van der Waals surface area contributed by atoms with Crippen LogP contribution in [0.2, 0.25) is 0 Å². The summed E-state index contributed by atoms with van der Waals surface area (Å²) >= 11 is 0. The van der Waals surface area contributed by atoms with Crippen LogP contribution in [-0.4, -0.2) is 37.4 Å². The summed E-state index contributed by atoms with van der Waals surface area (Å²) in [6, 6.07) is 7.94. The number of hydrogen-bond donors (Lipinski definition) is 3. The molecule has 2 aromatic rings. The number of aliphatic hydroxyl groups is 1. The van der Waals surface area contributed by atoms with Crippen LogP contribution in [0.5, 0.6) is 5.75 Å². The van der Waals surface area contributed by atoms with E-state index in [1.54, 1.807) is 0 Å². The van der Waals surface area contributed by atoms with Crippen molar-refractivity contribution in [3.8, 4) is 5.75 Å². The fourth-order valence-corrected chi connectivity index (χ4v) is 3.27. The molecule has 29 heavy (non-hydrogen) atoms. The third kappa shape index (κ3) is 7.70. The van der Waals surface area contributed by atoms with Gasteiger partial charge in [-0.15, -0.1) is 24.0 Å². The van der Waals surface area contributed by atoms with Crippen LogP contribution in [0.4, 0.5) is 0 Å². The Morgan fingerprint density at radius 3 is 2.69 bits per heavy atom. The maximum atomic E-state index is 9.25. The first-order valence-electron chi connectivity index (χ1n) is 10.4. The number of guanidine groups is 1. The Balaban J connectivity index is 0.00000420. The fourth-order valence-electron chi connectivity index (χ4n) is 3.27. The van der Waals surface area contributed by atoms with Crippen molar-refractivity contribution in [2.24, 2.45) is 10.9 Å². The Bertz CT molecular complexity index is 742. The maximum absolute atomic E-state index is 9.25. The van der Waals surface area contributed by atoms with Gasteiger partial charge in [0.25, 0.3) is 0 Å². The van der Waals surface area contributed by atoms with Crippen LogP contribution >= 0.6 is 24.0 Å². The number of fused-ring (bicyclic) bond motifs is 1. The van der Waals surface area contributed by atoms with Crippen LogP contribution in [0.1, 0.15) is 58.8 Å². The van der Waals surface area contributed by atoms with Crippen molar-refractivity contribution in [1.82, 2.24) is 10.6 Å². The van der Waals surface area contributed by atoms with Crippen molar-refractivity contribution in [2.45, 2.75) is 53.0 Å². The Labute approximate surface area is 191 Å². The first-order chi connectivity index (χ1) is 13.6. The SMILES string of the molecule is CCCC(CCO)CN=C(NCC)NC(C)c1cc2cccc(OCC)c2o1.I. The summed E-state index contributed by atoms with van der Waals surface area (Å²) in [5.41, 5.74) is 0.779. The monoisotopic (exact) mass is 517 g/mol. The molecule has 0 amide bonds. The van der Waals surface area contributed by atoms with E-state index in [4.69, 9.17) is 14.1 Å². The smallest absolute Gasteiger partial charge is 0.191 e. The van der Waals surface area contributed by atoms with E-state index in [2.05, 4.69) is 31.4 Å². The van der Waals surface area contributed by atoms with E-state index in [1.165, 1.54) is 0 Å². The quantitative estimate of drug-likeness (QED) is 0.225. The second kappa shape index (κ2) is 13.7. The molecule has 0 bridgehead atoms. The van der Waals surface area contributed by atoms with Gasteiger partial charge in [0.1, 0.15) is 5.76 Å². The lowest BCUT2D eigenvalue weighted by molar-refractivity contribution is 0.253. The lowest BCUT2D eigenvalue weighted by atomic mass is 10.0. The fraction of sp³-hybridized carbons (Fsp3) is 0.591. The Morgan fingerprint density at radius 1 is 1.24 bits per heavy atom. The van der Waals surface area contributed by atoms with Crippen LogP contribution in [0.3, 0.4) is 0 Å². The molecule has 0 aliphatic carbocycles. The molecule has 0 radical (unpaired) electrons. The van der Waals surface area contributed by atoms with E-state index in [9.17, 15) is 5.11 Å². The summed E-state index contributed by atoms with van der Waals surface area (Å²) in [7, 11) is 0. The molecule has 1 aromatic carbocycles. The minimum absolute atomic E-state index is 0. The van der Waals surface area contributed by atoms with E-state index in [0.29, 0.717) is 19.1 Å². The van der Waals surface area contributed by atoms with Gasteiger partial charge in [-0.05, 0) is 51.7 Å². The van der Waals surface area contributed by atoms with Crippen molar-refractivity contribution in [3.05, 3.63) is 30.0 Å². The molecule has 1 aromatic heterocycles. The summed E-state index contributed by atoms with van der Waals surface area (Å²) in [6.45, 7) is 10.5. The van der Waals surface area contributed by atoms with Crippen LogP contribution in [0.25, 0.3) is 11.0 Å². The van der Waals surface area contributed by atoms with Gasteiger partial charge >= 0.3 is 0 Å². The maximum Gasteiger partial charge on any atom is 0.191 e. The number of aliphatic hydroxyl groups excluding tert-OH is 1. The molecule has 1 heterocycles. The zero-order valence-corrected chi connectivity index (χ0v) is 20.4. The summed E-state index contributed by atoms with van der Waals surface area (Å²) < 4.78 is 11.8. The number of nitrogens with zero attached hydrogens (tertiary/aromatic N) is 1. The van der Waals surface area contributed by atoms with Crippen LogP contribution < -0.4 is 15.4 Å². The van der Waals surface area contributed by atoms with E-state index < -0.39 is 0 Å². The predicted octanol–water partition coefficient (Wildman–Crippen LogP) is 4.86. The second-order valence-electron chi connectivity index (χ2n) is 7.01. The molecule has 2 atom stereocenters. The second-order valence-corrected chi connectivity index (χ2v) is 7.01. The van der Waals surface area contributed by atoms with E-state index in [0.717, 1.165) is 54.2 Å². The lowest BCUT2D eigenvalue weighted by Gasteiger charge is -2.18. The van der Waals surface area contributed by atoms with Crippen molar-refractivity contribution in [1.29, 1.82) is 0 Å². The molecular formula is C22H36IN3O3. The van der Waals surface area contributed by atoms with Crippen molar-refractivity contribution in [3.63, 3.8) is 0 Å². The number of hydrogen-bond acceptors (Lipinski definition) is 4. The van der Waals surface area contributed by atoms with Gasteiger partial charge in [-0.3, -0.25) is 4.99 Å². The van der Waals surface area contributed by atoms with Gasteiger partial charge in [-0.25, -0.2) is 0 Å². The Morgan fingerprint density at radius 2 is 2.03 bits per heavy atom. The highest BCUT2D eigenvalue weighted by molar-refractivity contribution is 14.0. The number of para-hydroxylation sites is 1. The molecule has 6 nitrogen and oxygen atoms in total. The predicted molar refractivity (Wildman–Crippen MR) is 130 cm³/mol. The highest BCUT2D eigenvalue weighted by atomic mass is 127. The number of aliphatic imine (C=N–C) groups is 1. The molecule has 0 fully saturated rings. The number of rotatable bonds is 11. The topological polar surface area (TPSA) is 79.0 Å². The number of ether oxygens (including phenoxy) is 1. The molecule has 0 aliphatic heterocycles. The summed E-state index contributed by atoms with van der Waals surface area (Å²) in [5, 5.41) is 17.0. The van der Waals surface area contributed by atoms with E-state index in [1.807, 2.05) is 31.2 Å². The van der Waals surface area contributed by atoms with Gasteiger partial charge in [0, 0.05) is 25.1 Å². The number of halogens is 1. The van der Waals surface area contributed by atoms with Gasteiger partial charge in [0.05, 0.1) is 12.6 Å². The molecular weight excluding hydrogens is 481 g/mol. The van der Waals surface area contributed by atoms with Crippen molar-refractivity contribution in [2.75, 3.05) is 26.3 Å². The summed E-state index contributed by atoms with van der Waals surface area (Å²) in [4.78, 5) is 4.73. The van der Waals surface area contributed by atoms with Crippen LogP contribution in [0.15, 0.2) is 33.7 Å². The lowest BCUT2D eigenvalue weighted by Crippen LogP contribution is -2.39. The minimum Gasteiger partial charge on any atom is -0.490 e. The highest BCUT2D eigenvalue weighted by Gasteiger charge is 2.16. The van der Waals surface area contributed by atoms with Gasteiger partial charge in [0.2, 0.25) is 0 Å². The molecule has 0 saturated carbocycles. The molecule has 0 spiro atoms. The number of furan rings is 1. The van der Waals surface area contributed by atoms with Crippen LogP contribution in [0, 0.1) is 5.92 Å². The molecule has 3 N–H and O–H groups in total. The number of benzene rings is 1. The van der Waals surface area contributed by atoms with E-state index in [-0.39, 0.29) is 36.6 Å². The average Bonchev–Trinajstić information content (AvgIpc) is 3.12. The zero-order valence-electron chi connectivity index (χ0n) is 18.0. The molecule has 7 heteroatoms. The van der Waals surface area contributed by atoms with Gasteiger partial charge in [-0.1, -0.05) is 25.5 Å². The summed E-state index contributed by atoms with van der Waals surface area (Å²) in [6.07, 6.45) is 2.96. The first-order valence-corrected chi connectivity index (χ1v) is 10.4. The minimum atomic E-state index is -0.0397. The molecule has 2 rings (SSSR count). The van der Waals surface area contributed by atoms with Gasteiger partial charge in [-0.2, -0.15) is 0 Å². The summed E-state index contributed by atoms with van der Waals surface area (Å²) in [5.74, 6) is 2.78. The number of nitrogens with one attached hydrogen (secondary N) is 2. The molecule has 164 valence electrons. The third-order valence-corrected chi connectivity index (χ3v) is 4.69. The van der Waals surface area contributed by atoms with Gasteiger partial charge in [0.15, 0.2) is 17.3 Å². The van der Waals surface area contributed by atoms with E-state index >= 15 is 0 Å². The highest BCUT2D eigenvalue weighted by Crippen LogP contribution is 2.31. The Kier molecular flexibility index (Phi) is 12.1. The normalized spacial score (nSPS) is 13.6.